The molecule has 1 atom stereocenters. The van der Waals surface area contributed by atoms with E-state index in [1.165, 1.54) is 18.2 Å². The summed E-state index contributed by atoms with van der Waals surface area (Å²) in [6.45, 7) is 7.02. The number of carbonyl (C=O) groups excluding carboxylic acids is 2. The Morgan fingerprint density at radius 3 is 2.45 bits per heavy atom. The topological polar surface area (TPSA) is 75.4 Å². The number of halogens is 2. The molecule has 0 aromatic heterocycles. The molecule has 1 heterocycles. The molecule has 1 saturated heterocycles. The van der Waals surface area contributed by atoms with E-state index in [0.717, 1.165) is 12.0 Å². The molecule has 0 radical (unpaired) electrons. The van der Waals surface area contributed by atoms with E-state index >= 15 is 0 Å². The van der Waals surface area contributed by atoms with Crippen molar-refractivity contribution in [2.24, 2.45) is 11.1 Å². The highest BCUT2D eigenvalue weighted by molar-refractivity contribution is 6.09. The highest BCUT2D eigenvalue weighted by atomic mass is 35.5. The van der Waals surface area contributed by atoms with Gasteiger partial charge in [-0.05, 0) is 42.5 Å². The number of aryl methyl sites for hydroxylation is 1. The van der Waals surface area contributed by atoms with Crippen LogP contribution in [0.25, 0.3) is 0 Å². The van der Waals surface area contributed by atoms with Crippen LogP contribution in [0.5, 0.6) is 0 Å². The standard InChI is InChI=1S/C22H26FN3O2.ClH/c1-14-7-6-9-16(21(28)26-12-11-18(24)22(2,3)13-26)19(14)25-20(27)15-8-4-5-10-17(15)23;/h4-10,18H,11-13,24H2,1-3H3,(H,25,27);1H. The van der Waals surface area contributed by atoms with Crippen molar-refractivity contribution in [1.82, 2.24) is 4.90 Å². The summed E-state index contributed by atoms with van der Waals surface area (Å²) >= 11 is 0. The molecule has 7 heteroatoms. The normalized spacial score (nSPS) is 18.0. The maximum Gasteiger partial charge on any atom is 0.258 e. The van der Waals surface area contributed by atoms with Gasteiger partial charge in [-0.1, -0.05) is 38.1 Å². The molecule has 1 unspecified atom stereocenters. The van der Waals surface area contributed by atoms with Crippen molar-refractivity contribution in [3.63, 3.8) is 0 Å². The number of anilines is 1. The Morgan fingerprint density at radius 2 is 1.79 bits per heavy atom. The average molecular weight is 420 g/mol. The summed E-state index contributed by atoms with van der Waals surface area (Å²) < 4.78 is 14.0. The smallest absolute Gasteiger partial charge is 0.258 e. The second kappa shape index (κ2) is 8.93. The molecule has 0 spiro atoms. The summed E-state index contributed by atoms with van der Waals surface area (Å²) in [7, 11) is 0. The zero-order valence-corrected chi connectivity index (χ0v) is 17.7. The maximum atomic E-state index is 14.0. The van der Waals surface area contributed by atoms with Crippen LogP contribution in [0.2, 0.25) is 0 Å². The van der Waals surface area contributed by atoms with Gasteiger partial charge in [-0.15, -0.1) is 12.4 Å². The van der Waals surface area contributed by atoms with Gasteiger partial charge in [-0.2, -0.15) is 0 Å². The van der Waals surface area contributed by atoms with Gasteiger partial charge in [-0.25, -0.2) is 4.39 Å². The van der Waals surface area contributed by atoms with E-state index in [1.54, 1.807) is 23.1 Å². The summed E-state index contributed by atoms with van der Waals surface area (Å²) in [5.41, 5.74) is 7.48. The van der Waals surface area contributed by atoms with Crippen LogP contribution in [0.1, 0.15) is 46.5 Å². The van der Waals surface area contributed by atoms with Crippen LogP contribution >= 0.6 is 12.4 Å². The molecule has 29 heavy (non-hydrogen) atoms. The summed E-state index contributed by atoms with van der Waals surface area (Å²) in [6, 6.07) is 11.1. The quantitative estimate of drug-likeness (QED) is 0.789. The lowest BCUT2D eigenvalue weighted by atomic mass is 9.79. The molecule has 2 aromatic rings. The SMILES string of the molecule is Cc1cccc(C(=O)N2CCC(N)C(C)(C)C2)c1NC(=O)c1ccccc1F.Cl. The van der Waals surface area contributed by atoms with E-state index in [2.05, 4.69) is 5.32 Å². The molecule has 2 amide bonds. The Kier molecular flexibility index (Phi) is 7.03. The van der Waals surface area contributed by atoms with E-state index in [-0.39, 0.29) is 35.3 Å². The van der Waals surface area contributed by atoms with Crippen molar-refractivity contribution in [1.29, 1.82) is 0 Å². The maximum absolute atomic E-state index is 14.0. The van der Waals surface area contributed by atoms with E-state index < -0.39 is 11.7 Å². The van der Waals surface area contributed by atoms with Crippen LogP contribution in [0.4, 0.5) is 10.1 Å². The largest absolute Gasteiger partial charge is 0.338 e. The van der Waals surface area contributed by atoms with E-state index in [4.69, 9.17) is 5.73 Å². The first-order chi connectivity index (χ1) is 13.2. The molecular formula is C22H27ClFN3O2. The number of carbonyl (C=O) groups is 2. The predicted octanol–water partition coefficient (Wildman–Crippen LogP) is 4.01. The van der Waals surface area contributed by atoms with Gasteiger partial charge in [0.1, 0.15) is 5.82 Å². The summed E-state index contributed by atoms with van der Waals surface area (Å²) in [4.78, 5) is 27.6. The fourth-order valence-electron chi connectivity index (χ4n) is 3.56. The number of para-hydroxylation sites is 1. The van der Waals surface area contributed by atoms with E-state index in [0.29, 0.717) is 24.3 Å². The molecule has 1 fully saturated rings. The fraction of sp³-hybridized carbons (Fsp3) is 0.364. The number of rotatable bonds is 3. The van der Waals surface area contributed by atoms with E-state index in [9.17, 15) is 14.0 Å². The van der Waals surface area contributed by atoms with Crippen LogP contribution < -0.4 is 11.1 Å². The Labute approximate surface area is 176 Å². The molecular weight excluding hydrogens is 393 g/mol. The highest BCUT2D eigenvalue weighted by Gasteiger charge is 2.36. The third-order valence-corrected chi connectivity index (χ3v) is 5.46. The third kappa shape index (κ3) is 4.77. The molecule has 0 bridgehead atoms. The predicted molar refractivity (Wildman–Crippen MR) is 115 cm³/mol. The van der Waals surface area contributed by atoms with Gasteiger partial charge in [0.2, 0.25) is 0 Å². The van der Waals surface area contributed by atoms with Crippen molar-refractivity contribution >= 4 is 29.9 Å². The van der Waals surface area contributed by atoms with Crippen LogP contribution in [-0.2, 0) is 0 Å². The molecule has 3 rings (SSSR count). The van der Waals surface area contributed by atoms with Gasteiger partial charge < -0.3 is 16.0 Å². The number of benzene rings is 2. The zero-order valence-electron chi connectivity index (χ0n) is 16.9. The number of nitrogens with two attached hydrogens (primary N) is 1. The number of nitrogens with one attached hydrogen (secondary N) is 1. The van der Waals surface area contributed by atoms with Crippen molar-refractivity contribution in [3.05, 3.63) is 65.0 Å². The number of hydrogen-bond acceptors (Lipinski definition) is 3. The highest BCUT2D eigenvalue weighted by Crippen LogP contribution is 2.30. The van der Waals surface area contributed by atoms with Crippen molar-refractivity contribution < 1.29 is 14.0 Å². The summed E-state index contributed by atoms with van der Waals surface area (Å²) in [6.07, 6.45) is 0.724. The lowest BCUT2D eigenvalue weighted by Gasteiger charge is -2.42. The Morgan fingerprint density at radius 1 is 1.14 bits per heavy atom. The van der Waals surface area contributed by atoms with Crippen LogP contribution in [0, 0.1) is 18.2 Å². The third-order valence-electron chi connectivity index (χ3n) is 5.46. The first-order valence-electron chi connectivity index (χ1n) is 9.41. The Balaban J connectivity index is 0.00000300. The molecule has 0 aliphatic carbocycles. The average Bonchev–Trinajstić information content (AvgIpc) is 2.65. The minimum absolute atomic E-state index is 0. The van der Waals surface area contributed by atoms with Crippen LogP contribution in [0.3, 0.4) is 0 Å². The zero-order chi connectivity index (χ0) is 20.5. The first-order valence-corrected chi connectivity index (χ1v) is 9.41. The molecule has 5 nitrogen and oxygen atoms in total. The lowest BCUT2D eigenvalue weighted by molar-refractivity contribution is 0.0534. The van der Waals surface area contributed by atoms with Gasteiger partial charge in [0.05, 0.1) is 16.8 Å². The lowest BCUT2D eigenvalue weighted by Crippen LogP contribution is -2.54. The minimum Gasteiger partial charge on any atom is -0.338 e. The number of hydrogen-bond donors (Lipinski definition) is 2. The second-order valence-electron chi connectivity index (χ2n) is 8.04. The van der Waals surface area contributed by atoms with Crippen molar-refractivity contribution in [2.75, 3.05) is 18.4 Å². The summed E-state index contributed by atoms with van der Waals surface area (Å²) in [5, 5.41) is 2.73. The fourth-order valence-corrected chi connectivity index (χ4v) is 3.56. The van der Waals surface area contributed by atoms with Crippen LogP contribution in [0.15, 0.2) is 42.5 Å². The van der Waals surface area contributed by atoms with Crippen molar-refractivity contribution in [2.45, 2.75) is 33.2 Å². The molecule has 156 valence electrons. The van der Waals surface area contributed by atoms with Gasteiger partial charge in [0.25, 0.3) is 11.8 Å². The number of nitrogens with zero attached hydrogens (tertiary/aromatic N) is 1. The first kappa shape index (κ1) is 22.8. The second-order valence-corrected chi connectivity index (χ2v) is 8.04. The number of piperidine rings is 1. The molecule has 3 N–H and O–H groups in total. The van der Waals surface area contributed by atoms with Crippen molar-refractivity contribution in [3.8, 4) is 0 Å². The van der Waals surface area contributed by atoms with Gasteiger partial charge in [0, 0.05) is 19.1 Å². The summed E-state index contributed by atoms with van der Waals surface area (Å²) in [5.74, 6) is -1.34. The van der Waals surface area contributed by atoms with E-state index in [1.807, 2.05) is 26.8 Å². The molecule has 1 aliphatic heterocycles. The number of likely N-dealkylation sites (tertiary alicyclic amines) is 1. The van der Waals surface area contributed by atoms with Gasteiger partial charge in [0.15, 0.2) is 0 Å². The Bertz CT molecular complexity index is 917. The molecule has 0 saturated carbocycles. The van der Waals surface area contributed by atoms with Gasteiger partial charge >= 0.3 is 0 Å². The molecule has 1 aliphatic rings. The van der Waals surface area contributed by atoms with Gasteiger partial charge in [-0.3, -0.25) is 9.59 Å². The molecule has 2 aromatic carbocycles. The monoisotopic (exact) mass is 419 g/mol. The minimum atomic E-state index is -0.603. The van der Waals surface area contributed by atoms with Crippen LogP contribution in [-0.4, -0.2) is 35.8 Å². The number of amides is 2. The Hall–Kier alpha value is -2.44.